The number of carbonyl (C=O) groups excluding carboxylic acids is 1. The number of para-hydroxylation sites is 2. The molecule has 1 atom stereocenters. The lowest BCUT2D eigenvalue weighted by atomic mass is 9.91. The molecule has 2 N–H and O–H groups in total. The summed E-state index contributed by atoms with van der Waals surface area (Å²) in [5.41, 5.74) is 3.49. The van der Waals surface area contributed by atoms with E-state index in [1.165, 1.54) is 11.3 Å². The first-order valence-electron chi connectivity index (χ1n) is 8.30. The highest BCUT2D eigenvalue weighted by Gasteiger charge is 2.35. The number of thiophene rings is 1. The van der Waals surface area contributed by atoms with Crippen LogP contribution in [-0.2, 0) is 4.79 Å². The van der Waals surface area contributed by atoms with Crippen molar-refractivity contribution in [2.45, 2.75) is 19.3 Å². The lowest BCUT2D eigenvalue weighted by Gasteiger charge is -2.23. The Balaban J connectivity index is 1.70. The number of anilines is 1. The molecule has 9 heteroatoms. The average molecular weight is 418 g/mol. The number of aromatic nitrogens is 4. The van der Waals surface area contributed by atoms with Crippen LogP contribution in [0.3, 0.4) is 0 Å². The summed E-state index contributed by atoms with van der Waals surface area (Å²) in [7, 11) is 0. The van der Waals surface area contributed by atoms with E-state index in [9.17, 15) is 4.79 Å². The SMILES string of the molecule is Cc1nn(-c2nc3ccccc3[nH]2)c2c1[C@@H](c1sc(Cl)cc1Cl)CC(=O)N2. The maximum atomic E-state index is 12.4. The molecule has 0 unspecified atom stereocenters. The lowest BCUT2D eigenvalue weighted by molar-refractivity contribution is -0.116. The van der Waals surface area contributed by atoms with Crippen LogP contribution in [0.4, 0.5) is 5.82 Å². The number of benzene rings is 1. The summed E-state index contributed by atoms with van der Waals surface area (Å²) in [6.45, 7) is 1.92. The Morgan fingerprint density at radius 2 is 2.11 bits per heavy atom. The summed E-state index contributed by atoms with van der Waals surface area (Å²) in [6, 6.07) is 9.45. The van der Waals surface area contributed by atoms with Crippen molar-refractivity contribution < 1.29 is 4.79 Å². The molecule has 1 aromatic carbocycles. The highest BCUT2D eigenvalue weighted by atomic mass is 35.5. The first kappa shape index (κ1) is 16.8. The van der Waals surface area contributed by atoms with Gasteiger partial charge < -0.3 is 10.3 Å². The largest absolute Gasteiger partial charge is 0.322 e. The molecule has 4 aromatic rings. The van der Waals surface area contributed by atoms with Gasteiger partial charge in [0, 0.05) is 22.8 Å². The van der Waals surface area contributed by atoms with Gasteiger partial charge in [0.2, 0.25) is 11.9 Å². The predicted octanol–water partition coefficient (Wildman–Crippen LogP) is 4.90. The zero-order chi connectivity index (χ0) is 18.7. The Bertz CT molecular complexity index is 1180. The fraction of sp³-hybridized carbons (Fsp3) is 0.167. The van der Waals surface area contributed by atoms with E-state index in [1.807, 2.05) is 31.2 Å². The zero-order valence-electron chi connectivity index (χ0n) is 14.1. The Labute approximate surface area is 168 Å². The molecule has 0 bridgehead atoms. The molecule has 0 radical (unpaired) electrons. The fourth-order valence-electron chi connectivity index (χ4n) is 3.56. The Kier molecular flexibility index (Phi) is 3.79. The molecule has 1 aliphatic rings. The molecule has 4 heterocycles. The van der Waals surface area contributed by atoms with Crippen LogP contribution in [0.1, 0.15) is 28.5 Å². The summed E-state index contributed by atoms with van der Waals surface area (Å²) >= 11 is 13.9. The maximum absolute atomic E-state index is 12.4. The van der Waals surface area contributed by atoms with E-state index < -0.39 is 0 Å². The Morgan fingerprint density at radius 1 is 1.30 bits per heavy atom. The van der Waals surface area contributed by atoms with Gasteiger partial charge in [-0.1, -0.05) is 35.3 Å². The topological polar surface area (TPSA) is 75.6 Å². The minimum absolute atomic E-state index is 0.0923. The maximum Gasteiger partial charge on any atom is 0.231 e. The molecule has 6 nitrogen and oxygen atoms in total. The molecule has 0 fully saturated rings. The van der Waals surface area contributed by atoms with Gasteiger partial charge in [0.25, 0.3) is 0 Å². The van der Waals surface area contributed by atoms with Crippen molar-refractivity contribution in [3.63, 3.8) is 0 Å². The summed E-state index contributed by atoms with van der Waals surface area (Å²) in [4.78, 5) is 21.2. The van der Waals surface area contributed by atoms with Gasteiger partial charge in [-0.2, -0.15) is 9.78 Å². The van der Waals surface area contributed by atoms with Crippen LogP contribution in [0, 0.1) is 6.92 Å². The number of rotatable bonds is 2. The van der Waals surface area contributed by atoms with Crippen LogP contribution in [0.5, 0.6) is 0 Å². The smallest absolute Gasteiger partial charge is 0.231 e. The molecular weight excluding hydrogens is 405 g/mol. The van der Waals surface area contributed by atoms with Crippen molar-refractivity contribution in [2.75, 3.05) is 5.32 Å². The second kappa shape index (κ2) is 6.09. The molecule has 0 spiro atoms. The van der Waals surface area contributed by atoms with Gasteiger partial charge in [0.15, 0.2) is 0 Å². The first-order valence-corrected chi connectivity index (χ1v) is 9.87. The van der Waals surface area contributed by atoms with Crippen molar-refractivity contribution in [1.29, 1.82) is 0 Å². The summed E-state index contributed by atoms with van der Waals surface area (Å²) < 4.78 is 2.25. The Morgan fingerprint density at radius 3 is 2.85 bits per heavy atom. The zero-order valence-corrected chi connectivity index (χ0v) is 16.4. The van der Waals surface area contributed by atoms with E-state index in [1.54, 1.807) is 10.7 Å². The number of fused-ring (bicyclic) bond motifs is 2. The third-order valence-electron chi connectivity index (χ3n) is 4.68. The molecule has 5 rings (SSSR count). The number of nitrogens with zero attached hydrogens (tertiary/aromatic N) is 3. The van der Waals surface area contributed by atoms with Gasteiger partial charge in [-0.25, -0.2) is 4.98 Å². The second-order valence-electron chi connectivity index (χ2n) is 6.40. The van der Waals surface area contributed by atoms with Gasteiger partial charge >= 0.3 is 0 Å². The van der Waals surface area contributed by atoms with Crippen LogP contribution in [0.2, 0.25) is 9.36 Å². The third kappa shape index (κ3) is 2.65. The van der Waals surface area contributed by atoms with E-state index in [0.717, 1.165) is 27.2 Å². The van der Waals surface area contributed by atoms with Gasteiger partial charge in [-0.05, 0) is 25.1 Å². The normalized spacial score (nSPS) is 16.6. The second-order valence-corrected chi connectivity index (χ2v) is 8.53. The number of aryl methyl sites for hydroxylation is 1. The van der Waals surface area contributed by atoms with E-state index in [0.29, 0.717) is 27.5 Å². The standard InChI is InChI=1S/C18H13Cl2N5OS/c1-8-15-9(16-10(19)7-13(20)27-16)6-14(26)23-17(15)25(24-8)18-21-11-4-2-3-5-12(11)22-18/h2-5,7,9H,6H2,1H3,(H,21,22)(H,23,26)/t9-/m0/s1. The van der Waals surface area contributed by atoms with E-state index in [-0.39, 0.29) is 11.8 Å². The number of amides is 1. The van der Waals surface area contributed by atoms with Gasteiger partial charge in [-0.15, -0.1) is 11.3 Å². The third-order valence-corrected chi connectivity index (χ3v) is 6.48. The van der Waals surface area contributed by atoms with Crippen molar-refractivity contribution in [1.82, 2.24) is 19.7 Å². The number of halogens is 2. The molecule has 1 aliphatic heterocycles. The molecule has 1 amide bonds. The van der Waals surface area contributed by atoms with Gasteiger partial charge in [0.1, 0.15) is 5.82 Å². The van der Waals surface area contributed by atoms with Gasteiger partial charge in [0.05, 0.1) is 26.1 Å². The minimum Gasteiger partial charge on any atom is -0.322 e. The van der Waals surface area contributed by atoms with Crippen molar-refractivity contribution in [3.05, 3.63) is 55.8 Å². The molecule has 136 valence electrons. The Hall–Kier alpha value is -2.35. The van der Waals surface area contributed by atoms with E-state index in [2.05, 4.69) is 20.4 Å². The highest BCUT2D eigenvalue weighted by Crippen LogP contribution is 2.46. The predicted molar refractivity (Wildman–Crippen MR) is 107 cm³/mol. The van der Waals surface area contributed by atoms with Crippen LogP contribution >= 0.6 is 34.5 Å². The van der Waals surface area contributed by atoms with Crippen molar-refractivity contribution in [3.8, 4) is 5.95 Å². The summed E-state index contributed by atoms with van der Waals surface area (Å²) in [6.07, 6.45) is 0.302. The van der Waals surface area contributed by atoms with E-state index in [4.69, 9.17) is 23.2 Å². The van der Waals surface area contributed by atoms with Gasteiger partial charge in [-0.3, -0.25) is 4.79 Å². The summed E-state index contributed by atoms with van der Waals surface area (Å²) in [5.74, 6) is 0.896. The summed E-state index contributed by atoms with van der Waals surface area (Å²) in [5, 5.41) is 8.16. The lowest BCUT2D eigenvalue weighted by Crippen LogP contribution is -2.24. The average Bonchev–Trinajstić information content (AvgIpc) is 3.29. The van der Waals surface area contributed by atoms with Crippen molar-refractivity contribution in [2.24, 2.45) is 0 Å². The molecule has 0 saturated heterocycles. The number of imidazole rings is 1. The number of aromatic amines is 1. The fourth-order valence-corrected chi connectivity index (χ4v) is 5.28. The molecule has 0 aliphatic carbocycles. The van der Waals surface area contributed by atoms with Crippen LogP contribution in [-0.4, -0.2) is 25.7 Å². The van der Waals surface area contributed by atoms with Crippen LogP contribution < -0.4 is 5.32 Å². The number of nitrogens with one attached hydrogen (secondary N) is 2. The van der Waals surface area contributed by atoms with Crippen LogP contribution in [0.15, 0.2) is 30.3 Å². The number of hydrogen-bond donors (Lipinski definition) is 2. The number of H-pyrrole nitrogens is 1. The first-order chi connectivity index (χ1) is 13.0. The molecule has 0 saturated carbocycles. The molecular formula is C18H13Cl2N5OS. The van der Waals surface area contributed by atoms with Crippen LogP contribution in [0.25, 0.3) is 17.0 Å². The number of carbonyl (C=O) groups is 1. The number of hydrogen-bond acceptors (Lipinski definition) is 4. The highest BCUT2D eigenvalue weighted by molar-refractivity contribution is 7.16. The molecule has 3 aromatic heterocycles. The molecule has 27 heavy (non-hydrogen) atoms. The van der Waals surface area contributed by atoms with E-state index >= 15 is 0 Å². The quantitative estimate of drug-likeness (QED) is 0.486. The van der Waals surface area contributed by atoms with Crippen molar-refractivity contribution >= 4 is 57.3 Å². The monoisotopic (exact) mass is 417 g/mol. The minimum atomic E-state index is -0.183.